The number of aryl methyl sites for hydroxylation is 1. The minimum Gasteiger partial charge on any atom is -0.497 e. The van der Waals surface area contributed by atoms with E-state index in [4.69, 9.17) is 4.74 Å². The van der Waals surface area contributed by atoms with Gasteiger partial charge >= 0.3 is 0 Å². The topological polar surface area (TPSA) is 39.9 Å². The summed E-state index contributed by atoms with van der Waals surface area (Å²) in [5.41, 5.74) is 3.84. The van der Waals surface area contributed by atoms with Gasteiger partial charge in [-0.25, -0.2) is 0 Å². The summed E-state index contributed by atoms with van der Waals surface area (Å²) in [6.07, 6.45) is 0.762. The number of methoxy groups -OCH3 is 1. The van der Waals surface area contributed by atoms with Gasteiger partial charge in [-0.1, -0.05) is 48.2 Å². The lowest BCUT2D eigenvalue weighted by atomic mass is 10.1. The molecule has 0 saturated carbocycles. The molecule has 124 valence electrons. The molecule has 24 heavy (non-hydrogen) atoms. The van der Waals surface area contributed by atoms with E-state index in [2.05, 4.69) is 58.1 Å². The largest absolute Gasteiger partial charge is 0.497 e. The van der Waals surface area contributed by atoms with Gasteiger partial charge in [0.2, 0.25) is 0 Å². The molecule has 0 unspecified atom stereocenters. The molecule has 3 rings (SSSR count). The van der Waals surface area contributed by atoms with Crippen LogP contribution in [0.4, 0.5) is 0 Å². The lowest BCUT2D eigenvalue weighted by Gasteiger charge is -2.06. The fourth-order valence-electron chi connectivity index (χ4n) is 2.46. The fourth-order valence-corrected chi connectivity index (χ4v) is 3.47. The average molecular weight is 339 g/mol. The van der Waals surface area contributed by atoms with E-state index in [-0.39, 0.29) is 0 Å². The van der Waals surface area contributed by atoms with Gasteiger partial charge < -0.3 is 9.30 Å². The molecule has 3 aromatic rings. The number of aromatic nitrogens is 3. The molecular formula is C19H21N3OS. The highest BCUT2D eigenvalue weighted by molar-refractivity contribution is 7.98. The van der Waals surface area contributed by atoms with E-state index >= 15 is 0 Å². The van der Waals surface area contributed by atoms with Crippen molar-refractivity contribution in [1.29, 1.82) is 0 Å². The number of ether oxygens (including phenoxy) is 1. The van der Waals surface area contributed by atoms with E-state index in [0.29, 0.717) is 0 Å². The Hall–Kier alpha value is -2.27. The Morgan fingerprint density at radius 3 is 2.50 bits per heavy atom. The first kappa shape index (κ1) is 16.6. The van der Waals surface area contributed by atoms with Crippen LogP contribution in [0.25, 0.3) is 0 Å². The van der Waals surface area contributed by atoms with Crippen LogP contribution in [-0.4, -0.2) is 21.9 Å². The molecule has 5 heteroatoms. The SMILES string of the molecule is COc1ccc(Cc2nnc(SCc3ccccc3C)n2C)cc1. The first-order valence-corrected chi connectivity index (χ1v) is 8.84. The standard InChI is InChI=1S/C19H21N3OS/c1-14-6-4-5-7-16(14)13-24-19-21-20-18(22(19)2)12-15-8-10-17(23-3)11-9-15/h4-11H,12-13H2,1-3H3. The maximum Gasteiger partial charge on any atom is 0.191 e. The first-order valence-electron chi connectivity index (χ1n) is 7.86. The zero-order valence-corrected chi connectivity index (χ0v) is 15.0. The number of thioether (sulfide) groups is 1. The zero-order valence-electron chi connectivity index (χ0n) is 14.2. The van der Waals surface area contributed by atoms with E-state index in [9.17, 15) is 0 Å². The minimum atomic E-state index is 0.762. The Bertz CT molecular complexity index is 812. The number of hydrogen-bond donors (Lipinski definition) is 0. The summed E-state index contributed by atoms with van der Waals surface area (Å²) >= 11 is 1.72. The third-order valence-electron chi connectivity index (χ3n) is 4.06. The third kappa shape index (κ3) is 3.79. The van der Waals surface area contributed by atoms with Gasteiger partial charge in [0.1, 0.15) is 11.6 Å². The van der Waals surface area contributed by atoms with Crippen LogP contribution in [0.5, 0.6) is 5.75 Å². The molecule has 1 heterocycles. The van der Waals surface area contributed by atoms with Crippen molar-refractivity contribution in [3.05, 3.63) is 71.0 Å². The number of benzene rings is 2. The van der Waals surface area contributed by atoms with Gasteiger partial charge in [-0.15, -0.1) is 10.2 Å². The Morgan fingerprint density at radius 2 is 1.79 bits per heavy atom. The summed E-state index contributed by atoms with van der Waals surface area (Å²) in [6.45, 7) is 2.14. The lowest BCUT2D eigenvalue weighted by Crippen LogP contribution is -2.00. The summed E-state index contributed by atoms with van der Waals surface area (Å²) in [5, 5.41) is 9.64. The summed E-state index contributed by atoms with van der Waals surface area (Å²) in [6, 6.07) is 16.5. The van der Waals surface area contributed by atoms with Crippen LogP contribution in [0.1, 0.15) is 22.5 Å². The Balaban J connectivity index is 1.68. The highest BCUT2D eigenvalue weighted by atomic mass is 32.2. The van der Waals surface area contributed by atoms with E-state index in [1.54, 1.807) is 18.9 Å². The van der Waals surface area contributed by atoms with Crippen molar-refractivity contribution in [1.82, 2.24) is 14.8 Å². The molecule has 0 aliphatic heterocycles. The predicted octanol–water partition coefficient (Wildman–Crippen LogP) is 4.02. The second kappa shape index (κ2) is 7.53. The molecule has 0 aliphatic carbocycles. The van der Waals surface area contributed by atoms with Crippen molar-refractivity contribution in [3.63, 3.8) is 0 Å². The molecule has 0 saturated heterocycles. The molecule has 0 spiro atoms. The monoisotopic (exact) mass is 339 g/mol. The number of rotatable bonds is 6. The maximum absolute atomic E-state index is 5.19. The molecule has 0 aliphatic rings. The lowest BCUT2D eigenvalue weighted by molar-refractivity contribution is 0.414. The van der Waals surface area contributed by atoms with Crippen molar-refractivity contribution in [3.8, 4) is 5.75 Å². The molecule has 0 atom stereocenters. The summed E-state index contributed by atoms with van der Waals surface area (Å²) in [4.78, 5) is 0. The van der Waals surface area contributed by atoms with Gasteiger partial charge in [-0.2, -0.15) is 0 Å². The molecule has 0 amide bonds. The van der Waals surface area contributed by atoms with Crippen LogP contribution in [0.3, 0.4) is 0 Å². The zero-order chi connectivity index (χ0) is 16.9. The van der Waals surface area contributed by atoms with E-state index < -0.39 is 0 Å². The Kier molecular flexibility index (Phi) is 5.20. The van der Waals surface area contributed by atoms with Crippen LogP contribution in [0.15, 0.2) is 53.7 Å². The molecule has 4 nitrogen and oxygen atoms in total. The van der Waals surface area contributed by atoms with Crippen LogP contribution in [-0.2, 0) is 19.2 Å². The summed E-state index contributed by atoms with van der Waals surface area (Å²) < 4.78 is 7.27. The maximum atomic E-state index is 5.19. The van der Waals surface area contributed by atoms with Crippen LogP contribution < -0.4 is 4.74 Å². The molecule has 2 aromatic carbocycles. The normalized spacial score (nSPS) is 10.8. The van der Waals surface area contributed by atoms with Crippen molar-refractivity contribution in [2.24, 2.45) is 7.05 Å². The molecule has 0 radical (unpaired) electrons. The van der Waals surface area contributed by atoms with E-state index in [1.165, 1.54) is 16.7 Å². The average Bonchev–Trinajstić information content (AvgIpc) is 2.95. The Morgan fingerprint density at radius 1 is 1.04 bits per heavy atom. The van der Waals surface area contributed by atoms with Crippen molar-refractivity contribution >= 4 is 11.8 Å². The van der Waals surface area contributed by atoms with E-state index in [1.807, 2.05) is 19.2 Å². The van der Waals surface area contributed by atoms with Gasteiger partial charge in [0.25, 0.3) is 0 Å². The molecule has 1 aromatic heterocycles. The van der Waals surface area contributed by atoms with Crippen molar-refractivity contribution < 1.29 is 4.74 Å². The van der Waals surface area contributed by atoms with Gasteiger partial charge in [-0.05, 0) is 35.7 Å². The molecular weight excluding hydrogens is 318 g/mol. The minimum absolute atomic E-state index is 0.762. The van der Waals surface area contributed by atoms with Gasteiger partial charge in [0.15, 0.2) is 5.16 Å². The second-order valence-corrected chi connectivity index (χ2v) is 6.64. The van der Waals surface area contributed by atoms with Gasteiger partial charge in [-0.3, -0.25) is 0 Å². The predicted molar refractivity (Wildman–Crippen MR) is 97.5 cm³/mol. The smallest absolute Gasteiger partial charge is 0.191 e. The molecule has 0 bridgehead atoms. The first-order chi connectivity index (χ1) is 11.7. The van der Waals surface area contributed by atoms with Crippen LogP contribution >= 0.6 is 11.8 Å². The highest BCUT2D eigenvalue weighted by Gasteiger charge is 2.10. The quantitative estimate of drug-likeness (QED) is 0.636. The van der Waals surface area contributed by atoms with Gasteiger partial charge in [0, 0.05) is 19.2 Å². The van der Waals surface area contributed by atoms with Crippen LogP contribution in [0.2, 0.25) is 0 Å². The second-order valence-electron chi connectivity index (χ2n) is 5.70. The highest BCUT2D eigenvalue weighted by Crippen LogP contribution is 2.23. The molecule has 0 N–H and O–H groups in total. The number of hydrogen-bond acceptors (Lipinski definition) is 4. The Labute approximate surface area is 146 Å². The van der Waals surface area contributed by atoms with E-state index in [0.717, 1.165) is 28.9 Å². The van der Waals surface area contributed by atoms with Crippen molar-refractivity contribution in [2.45, 2.75) is 24.3 Å². The number of nitrogens with zero attached hydrogens (tertiary/aromatic N) is 3. The third-order valence-corrected chi connectivity index (χ3v) is 5.13. The van der Waals surface area contributed by atoms with Crippen LogP contribution in [0, 0.1) is 6.92 Å². The van der Waals surface area contributed by atoms with Gasteiger partial charge in [0.05, 0.1) is 7.11 Å². The molecule has 0 fully saturated rings. The summed E-state index contributed by atoms with van der Waals surface area (Å²) in [5.74, 6) is 2.74. The fraction of sp³-hybridized carbons (Fsp3) is 0.263. The van der Waals surface area contributed by atoms with Crippen molar-refractivity contribution in [2.75, 3.05) is 7.11 Å². The summed E-state index contributed by atoms with van der Waals surface area (Å²) in [7, 11) is 3.70.